The molecule has 2 fully saturated rings. The van der Waals surface area contributed by atoms with Crippen LogP contribution in [0.2, 0.25) is 0 Å². The summed E-state index contributed by atoms with van der Waals surface area (Å²) in [5.74, 6) is 0. The summed E-state index contributed by atoms with van der Waals surface area (Å²) in [5.41, 5.74) is 0.679. The Labute approximate surface area is 75.4 Å². The molecule has 0 radical (unpaired) electrons. The summed E-state index contributed by atoms with van der Waals surface area (Å²) in [6.45, 7) is 3.72. The van der Waals surface area contributed by atoms with Crippen LogP contribution < -0.4 is 5.32 Å². The second-order valence-corrected chi connectivity index (χ2v) is 4.16. The van der Waals surface area contributed by atoms with E-state index in [4.69, 9.17) is 0 Å². The average molecular weight is 176 g/mol. The van der Waals surface area contributed by atoms with Gasteiger partial charge in [0.05, 0.1) is 0 Å². The summed E-state index contributed by atoms with van der Waals surface area (Å²) in [4.78, 5) is 0. The normalized spacial score (nSPS) is 42.8. The van der Waals surface area contributed by atoms with Gasteiger partial charge in [0.15, 0.2) is 0 Å². The second kappa shape index (κ2) is 3.32. The maximum atomic E-state index is 3.62. The van der Waals surface area contributed by atoms with Gasteiger partial charge in [-0.2, -0.15) is 0 Å². The maximum Gasteiger partial charge on any atom is 0.0121 e. The Morgan fingerprint density at radius 1 is 1.27 bits per heavy atom. The first kappa shape index (κ1) is 9.34. The monoisotopic (exact) mass is 175 g/mol. The van der Waals surface area contributed by atoms with Crippen LogP contribution >= 0.6 is 12.4 Å². The fraction of sp³-hybridized carbons (Fsp3) is 1.00. The zero-order chi connectivity index (χ0) is 7.03. The van der Waals surface area contributed by atoms with E-state index < -0.39 is 0 Å². The van der Waals surface area contributed by atoms with Crippen LogP contribution in [0.1, 0.15) is 39.0 Å². The van der Waals surface area contributed by atoms with E-state index in [1.165, 1.54) is 38.6 Å². The minimum Gasteiger partial charge on any atom is -0.313 e. The summed E-state index contributed by atoms with van der Waals surface area (Å²) in [7, 11) is 0. The maximum absolute atomic E-state index is 3.62. The lowest BCUT2D eigenvalue weighted by atomic mass is 9.78. The molecule has 11 heavy (non-hydrogen) atoms. The van der Waals surface area contributed by atoms with Gasteiger partial charge in [-0.25, -0.2) is 0 Å². The Morgan fingerprint density at radius 3 is 2.73 bits per heavy atom. The Morgan fingerprint density at radius 2 is 2.00 bits per heavy atom. The third-order valence-electron chi connectivity index (χ3n) is 3.40. The lowest BCUT2D eigenvalue weighted by Crippen LogP contribution is -2.44. The molecule has 2 heteroatoms. The Bertz CT molecular complexity index is 138. The molecular weight excluding hydrogens is 158 g/mol. The minimum absolute atomic E-state index is 0. The standard InChI is InChI=1S/C9H17N.ClH/c1-9-5-2-4-8(9)10-7-3-6-9;/h8,10H,2-7H2,1H3;1H/t8-,9+;/m0./s1. The lowest BCUT2D eigenvalue weighted by Gasteiger charge is -2.36. The molecule has 0 unspecified atom stereocenters. The first-order valence-corrected chi connectivity index (χ1v) is 4.55. The van der Waals surface area contributed by atoms with Gasteiger partial charge >= 0.3 is 0 Å². The van der Waals surface area contributed by atoms with Gasteiger partial charge in [-0.3, -0.25) is 0 Å². The van der Waals surface area contributed by atoms with Gasteiger partial charge in [-0.05, 0) is 37.6 Å². The van der Waals surface area contributed by atoms with Crippen molar-refractivity contribution in [2.24, 2.45) is 5.41 Å². The average Bonchev–Trinajstić information content (AvgIpc) is 2.29. The summed E-state index contributed by atoms with van der Waals surface area (Å²) >= 11 is 0. The number of piperidine rings is 1. The largest absolute Gasteiger partial charge is 0.313 e. The zero-order valence-electron chi connectivity index (χ0n) is 7.23. The van der Waals surface area contributed by atoms with Gasteiger partial charge in [-0.15, -0.1) is 12.4 Å². The number of hydrogen-bond acceptors (Lipinski definition) is 1. The third-order valence-corrected chi connectivity index (χ3v) is 3.40. The number of nitrogens with one attached hydrogen (secondary N) is 1. The van der Waals surface area contributed by atoms with Crippen molar-refractivity contribution in [3.05, 3.63) is 0 Å². The van der Waals surface area contributed by atoms with Crippen molar-refractivity contribution >= 4 is 12.4 Å². The molecule has 1 nitrogen and oxygen atoms in total. The van der Waals surface area contributed by atoms with Gasteiger partial charge < -0.3 is 5.32 Å². The fourth-order valence-electron chi connectivity index (χ4n) is 2.65. The highest BCUT2D eigenvalue weighted by atomic mass is 35.5. The molecule has 0 spiro atoms. The SMILES string of the molecule is C[C@@]12CCCN[C@H]1CCC2.Cl. The summed E-state index contributed by atoms with van der Waals surface area (Å²) in [5, 5.41) is 3.62. The van der Waals surface area contributed by atoms with Gasteiger partial charge in [0, 0.05) is 6.04 Å². The molecule has 0 aromatic rings. The van der Waals surface area contributed by atoms with Crippen molar-refractivity contribution < 1.29 is 0 Å². The van der Waals surface area contributed by atoms with Crippen molar-refractivity contribution in [3.63, 3.8) is 0 Å². The molecule has 0 amide bonds. The Hall–Kier alpha value is 0.250. The molecule has 2 aliphatic rings. The molecule has 1 N–H and O–H groups in total. The van der Waals surface area contributed by atoms with Crippen molar-refractivity contribution in [1.29, 1.82) is 0 Å². The molecule has 0 aromatic heterocycles. The molecule has 1 aliphatic heterocycles. The van der Waals surface area contributed by atoms with E-state index in [0.717, 1.165) is 6.04 Å². The van der Waals surface area contributed by atoms with Crippen LogP contribution in [0.25, 0.3) is 0 Å². The van der Waals surface area contributed by atoms with Crippen molar-refractivity contribution in [1.82, 2.24) is 5.32 Å². The summed E-state index contributed by atoms with van der Waals surface area (Å²) < 4.78 is 0. The molecule has 1 saturated heterocycles. The van der Waals surface area contributed by atoms with Crippen LogP contribution in [0.5, 0.6) is 0 Å². The van der Waals surface area contributed by atoms with Crippen molar-refractivity contribution in [2.75, 3.05) is 6.54 Å². The minimum atomic E-state index is 0. The van der Waals surface area contributed by atoms with Crippen LogP contribution in [0.4, 0.5) is 0 Å². The molecule has 1 aliphatic carbocycles. The zero-order valence-corrected chi connectivity index (χ0v) is 8.04. The van der Waals surface area contributed by atoms with E-state index >= 15 is 0 Å². The van der Waals surface area contributed by atoms with Gasteiger partial charge in [0.1, 0.15) is 0 Å². The Balaban J connectivity index is 0.000000605. The summed E-state index contributed by atoms with van der Waals surface area (Å²) in [6.07, 6.45) is 7.20. The van der Waals surface area contributed by atoms with Crippen LogP contribution in [0, 0.1) is 5.41 Å². The first-order chi connectivity index (χ1) is 4.81. The van der Waals surface area contributed by atoms with Gasteiger partial charge in [0.25, 0.3) is 0 Å². The Kier molecular flexibility index (Phi) is 2.82. The van der Waals surface area contributed by atoms with Gasteiger partial charge in [-0.1, -0.05) is 13.3 Å². The van der Waals surface area contributed by atoms with E-state index in [0.29, 0.717) is 5.41 Å². The molecule has 1 saturated carbocycles. The molecular formula is C9H18ClN. The molecule has 1 heterocycles. The molecule has 66 valence electrons. The lowest BCUT2D eigenvalue weighted by molar-refractivity contribution is 0.191. The molecule has 2 rings (SSSR count). The van der Waals surface area contributed by atoms with E-state index in [1.54, 1.807) is 0 Å². The topological polar surface area (TPSA) is 12.0 Å². The van der Waals surface area contributed by atoms with Gasteiger partial charge in [0.2, 0.25) is 0 Å². The highest BCUT2D eigenvalue weighted by Gasteiger charge is 2.39. The van der Waals surface area contributed by atoms with E-state index in [9.17, 15) is 0 Å². The quantitative estimate of drug-likeness (QED) is 0.596. The number of hydrogen-bond donors (Lipinski definition) is 1. The van der Waals surface area contributed by atoms with E-state index in [2.05, 4.69) is 12.2 Å². The second-order valence-electron chi connectivity index (χ2n) is 4.16. The molecule has 0 bridgehead atoms. The first-order valence-electron chi connectivity index (χ1n) is 4.55. The van der Waals surface area contributed by atoms with Crippen LogP contribution in [-0.4, -0.2) is 12.6 Å². The highest BCUT2D eigenvalue weighted by molar-refractivity contribution is 5.85. The predicted molar refractivity (Wildman–Crippen MR) is 50.2 cm³/mol. The fourth-order valence-corrected chi connectivity index (χ4v) is 2.65. The van der Waals surface area contributed by atoms with Crippen LogP contribution in [0.15, 0.2) is 0 Å². The smallest absolute Gasteiger partial charge is 0.0121 e. The van der Waals surface area contributed by atoms with Crippen LogP contribution in [0.3, 0.4) is 0 Å². The molecule has 2 atom stereocenters. The van der Waals surface area contributed by atoms with Crippen molar-refractivity contribution in [3.8, 4) is 0 Å². The molecule has 0 aromatic carbocycles. The number of fused-ring (bicyclic) bond motifs is 1. The highest BCUT2D eigenvalue weighted by Crippen LogP contribution is 2.43. The van der Waals surface area contributed by atoms with Crippen LogP contribution in [-0.2, 0) is 0 Å². The van der Waals surface area contributed by atoms with Crippen molar-refractivity contribution in [2.45, 2.75) is 45.1 Å². The predicted octanol–water partition coefficient (Wildman–Crippen LogP) is 2.35. The van der Waals surface area contributed by atoms with E-state index in [-0.39, 0.29) is 12.4 Å². The number of rotatable bonds is 0. The summed E-state index contributed by atoms with van der Waals surface area (Å²) in [6, 6.07) is 0.862. The van der Waals surface area contributed by atoms with E-state index in [1.807, 2.05) is 0 Å². The number of halogens is 1. The third kappa shape index (κ3) is 1.54.